The number of hydrogen-bond acceptors (Lipinski definition) is 9. The Kier molecular flexibility index (Phi) is 8.61. The lowest BCUT2D eigenvalue weighted by molar-refractivity contribution is -0.303. The van der Waals surface area contributed by atoms with Gasteiger partial charge in [-0.15, -0.1) is 0 Å². The molecule has 0 aromatic carbocycles. The van der Waals surface area contributed by atoms with E-state index in [9.17, 15) is 24.9 Å². The van der Waals surface area contributed by atoms with Crippen LogP contribution >= 0.6 is 0 Å². The van der Waals surface area contributed by atoms with E-state index >= 15 is 0 Å². The van der Waals surface area contributed by atoms with Crippen LogP contribution in [0.5, 0.6) is 0 Å². The van der Waals surface area contributed by atoms with Crippen molar-refractivity contribution in [1.82, 2.24) is 0 Å². The van der Waals surface area contributed by atoms with Gasteiger partial charge in [-0.05, 0) is 86.9 Å². The van der Waals surface area contributed by atoms with Gasteiger partial charge in [0, 0.05) is 12.3 Å². The highest BCUT2D eigenvalue weighted by atomic mass is 16.7. The van der Waals surface area contributed by atoms with E-state index in [1.807, 2.05) is 0 Å². The third-order valence-electron chi connectivity index (χ3n) is 14.0. The molecule has 46 heavy (non-hydrogen) atoms. The van der Waals surface area contributed by atoms with Gasteiger partial charge in [-0.25, -0.2) is 0 Å². The number of aliphatic hydroxyl groups excluding tert-OH is 3. The van der Waals surface area contributed by atoms with Crippen LogP contribution in [0.3, 0.4) is 0 Å². The van der Waals surface area contributed by atoms with E-state index in [4.69, 9.17) is 18.9 Å². The number of esters is 2. The lowest BCUT2D eigenvalue weighted by Crippen LogP contribution is -2.61. The Morgan fingerprint density at radius 2 is 1.78 bits per heavy atom. The molecule has 4 aliphatic carbocycles. The standard InChI is InChI=1S/C37H58O9/c1-20(2)10-9-15-36(8)30-25(44-21(3)38)18-35(7)23-11-12-26-33(4,5)27(45-31-29(41)28(40)24(39)19-43-31)14-16-34(26,6)22(23)13-17-37(30,35)32(42)46-36/h11,20,22,24-31,39-41H,9-10,12-19H2,1-8H3/t22-,24-,25+,26+,27+,28+,29-,30-,31+,34-,35+,36+,37-/m1/s1. The highest BCUT2D eigenvalue weighted by Crippen LogP contribution is 2.76. The van der Waals surface area contributed by atoms with Crippen LogP contribution in [0.4, 0.5) is 0 Å². The van der Waals surface area contributed by atoms with Gasteiger partial charge in [-0.2, -0.15) is 0 Å². The summed E-state index contributed by atoms with van der Waals surface area (Å²) in [5.41, 5.74) is -0.839. The first-order valence-corrected chi connectivity index (χ1v) is 17.8. The Balaban J connectivity index is 1.31. The van der Waals surface area contributed by atoms with Crippen molar-refractivity contribution in [2.24, 2.45) is 45.3 Å². The van der Waals surface area contributed by atoms with Gasteiger partial charge in [-0.1, -0.05) is 59.6 Å². The summed E-state index contributed by atoms with van der Waals surface area (Å²) < 4.78 is 24.6. The summed E-state index contributed by atoms with van der Waals surface area (Å²) in [7, 11) is 0. The quantitative estimate of drug-likeness (QED) is 0.256. The lowest BCUT2D eigenvalue weighted by Gasteiger charge is -2.63. The summed E-state index contributed by atoms with van der Waals surface area (Å²) in [5.74, 6) is 0.518. The first-order chi connectivity index (χ1) is 21.4. The third-order valence-corrected chi connectivity index (χ3v) is 14.0. The lowest BCUT2D eigenvalue weighted by atomic mass is 9.41. The minimum atomic E-state index is -1.32. The Morgan fingerprint density at radius 1 is 1.07 bits per heavy atom. The number of cyclic esters (lactones) is 1. The summed E-state index contributed by atoms with van der Waals surface area (Å²) in [6, 6.07) is 0. The van der Waals surface area contributed by atoms with Gasteiger partial charge >= 0.3 is 11.9 Å². The molecule has 0 aromatic rings. The van der Waals surface area contributed by atoms with E-state index in [2.05, 4.69) is 54.5 Å². The Hall–Kier alpha value is -1.52. The molecule has 6 rings (SSSR count). The van der Waals surface area contributed by atoms with Crippen molar-refractivity contribution in [2.75, 3.05) is 6.61 Å². The number of rotatable bonds is 7. The number of hydrogen-bond donors (Lipinski definition) is 3. The molecule has 1 spiro atoms. The first kappa shape index (κ1) is 34.3. The fourth-order valence-electron chi connectivity index (χ4n) is 11.9. The Bertz CT molecular complexity index is 1250. The molecule has 5 fully saturated rings. The van der Waals surface area contributed by atoms with E-state index in [1.165, 1.54) is 12.5 Å². The van der Waals surface area contributed by atoms with Crippen molar-refractivity contribution in [3.8, 4) is 0 Å². The van der Waals surface area contributed by atoms with Gasteiger partial charge < -0.3 is 34.3 Å². The maximum absolute atomic E-state index is 14.3. The normalized spacial score (nSPS) is 49.3. The Morgan fingerprint density at radius 3 is 2.46 bits per heavy atom. The van der Waals surface area contributed by atoms with Gasteiger partial charge in [0.25, 0.3) is 0 Å². The topological polar surface area (TPSA) is 132 Å². The number of aliphatic hydroxyl groups is 3. The van der Waals surface area contributed by atoms with Crippen LogP contribution in [0.2, 0.25) is 0 Å². The zero-order valence-corrected chi connectivity index (χ0v) is 29.2. The van der Waals surface area contributed by atoms with E-state index in [-0.39, 0.29) is 59.3 Å². The number of allylic oxidation sites excluding steroid dienone is 2. The predicted octanol–water partition coefficient (Wildman–Crippen LogP) is 5.08. The van der Waals surface area contributed by atoms with Gasteiger partial charge in [0.05, 0.1) is 24.0 Å². The number of carbonyl (C=O) groups is 2. The van der Waals surface area contributed by atoms with Gasteiger partial charge in [0.2, 0.25) is 0 Å². The molecule has 0 aromatic heterocycles. The second kappa shape index (κ2) is 11.5. The van der Waals surface area contributed by atoms with Gasteiger partial charge in [0.15, 0.2) is 6.29 Å². The molecule has 2 saturated heterocycles. The van der Waals surface area contributed by atoms with Crippen LogP contribution in [-0.2, 0) is 28.5 Å². The monoisotopic (exact) mass is 646 g/mol. The summed E-state index contributed by atoms with van der Waals surface area (Å²) >= 11 is 0. The molecule has 0 amide bonds. The zero-order valence-electron chi connectivity index (χ0n) is 29.2. The molecule has 13 atom stereocenters. The summed E-state index contributed by atoms with van der Waals surface area (Å²) in [6.45, 7) is 17.1. The van der Waals surface area contributed by atoms with Crippen molar-refractivity contribution in [1.29, 1.82) is 0 Å². The third kappa shape index (κ3) is 4.87. The van der Waals surface area contributed by atoms with Crippen LogP contribution in [0, 0.1) is 45.3 Å². The molecule has 0 bridgehead atoms. The zero-order chi connectivity index (χ0) is 33.6. The van der Waals surface area contributed by atoms with Crippen molar-refractivity contribution in [3.05, 3.63) is 11.6 Å². The number of ether oxygens (including phenoxy) is 4. The van der Waals surface area contributed by atoms with E-state index in [0.29, 0.717) is 12.3 Å². The van der Waals surface area contributed by atoms with Crippen LogP contribution in [-0.4, -0.2) is 76.3 Å². The van der Waals surface area contributed by atoms with Crippen molar-refractivity contribution in [3.63, 3.8) is 0 Å². The van der Waals surface area contributed by atoms with Crippen LogP contribution in [0.25, 0.3) is 0 Å². The van der Waals surface area contributed by atoms with Crippen molar-refractivity contribution < 1.29 is 43.9 Å². The summed E-state index contributed by atoms with van der Waals surface area (Å²) in [6.07, 6.45) is 4.62. The minimum Gasteiger partial charge on any atom is -0.462 e. The average molecular weight is 647 g/mol. The fraction of sp³-hybridized carbons (Fsp3) is 0.892. The first-order valence-electron chi connectivity index (χ1n) is 17.8. The van der Waals surface area contributed by atoms with E-state index in [0.717, 1.165) is 51.4 Å². The molecule has 2 aliphatic heterocycles. The molecule has 2 heterocycles. The molecule has 0 unspecified atom stereocenters. The second-order valence-corrected chi connectivity index (χ2v) is 17.4. The summed E-state index contributed by atoms with van der Waals surface area (Å²) in [5, 5.41) is 30.8. The largest absolute Gasteiger partial charge is 0.462 e. The van der Waals surface area contributed by atoms with Crippen molar-refractivity contribution >= 4 is 11.9 Å². The minimum absolute atomic E-state index is 0.0437. The summed E-state index contributed by atoms with van der Waals surface area (Å²) in [4.78, 5) is 26.8. The van der Waals surface area contributed by atoms with Crippen LogP contribution in [0.1, 0.15) is 113 Å². The SMILES string of the molecule is CC(=O)O[C@H]1C[C@@]2(C)C3=CC[C@H]4C(C)(C)[C@@H](O[C@@H]5OC[C@@H](O)[C@H](O)[C@H]5O)CC[C@]4(C)[C@@H]3CC[C@@]23C(=O)O[C@@](C)(CCCC(C)C)[C@@H]13. The molecular formula is C37H58O9. The molecule has 3 N–H and O–H groups in total. The maximum atomic E-state index is 14.3. The average Bonchev–Trinajstić information content (AvgIpc) is 3.36. The molecule has 9 nitrogen and oxygen atoms in total. The maximum Gasteiger partial charge on any atom is 0.314 e. The van der Waals surface area contributed by atoms with Crippen LogP contribution < -0.4 is 0 Å². The highest BCUT2D eigenvalue weighted by molar-refractivity contribution is 5.84. The fourth-order valence-corrected chi connectivity index (χ4v) is 11.9. The highest BCUT2D eigenvalue weighted by Gasteiger charge is 2.79. The molecule has 3 saturated carbocycles. The molecular weight excluding hydrogens is 588 g/mol. The van der Waals surface area contributed by atoms with Gasteiger partial charge in [-0.3, -0.25) is 9.59 Å². The number of fused-ring (bicyclic) bond motifs is 4. The van der Waals surface area contributed by atoms with E-state index in [1.54, 1.807) is 0 Å². The van der Waals surface area contributed by atoms with Crippen LogP contribution in [0.15, 0.2) is 11.6 Å². The molecule has 6 aliphatic rings. The number of carbonyl (C=O) groups excluding carboxylic acids is 2. The predicted molar refractivity (Wildman–Crippen MR) is 170 cm³/mol. The second-order valence-electron chi connectivity index (χ2n) is 17.4. The van der Waals surface area contributed by atoms with Gasteiger partial charge in [0.1, 0.15) is 30.0 Å². The smallest absolute Gasteiger partial charge is 0.314 e. The van der Waals surface area contributed by atoms with E-state index < -0.39 is 41.0 Å². The Labute approximate surface area is 274 Å². The van der Waals surface area contributed by atoms with Crippen molar-refractivity contribution in [2.45, 2.75) is 156 Å². The molecule has 9 heteroatoms. The molecule has 0 radical (unpaired) electrons. The molecule has 260 valence electrons.